The van der Waals surface area contributed by atoms with Gasteiger partial charge in [0.25, 0.3) is 0 Å². The van der Waals surface area contributed by atoms with Gasteiger partial charge < -0.3 is 19.3 Å². The van der Waals surface area contributed by atoms with Crippen LogP contribution >= 0.6 is 0 Å². The van der Waals surface area contributed by atoms with Gasteiger partial charge in [-0.3, -0.25) is 4.79 Å². The molecule has 4 aromatic rings. The molecule has 30 heavy (non-hydrogen) atoms. The average molecular weight is 400 g/mol. The van der Waals surface area contributed by atoms with Crippen molar-refractivity contribution in [3.8, 4) is 11.5 Å². The second-order valence-electron chi connectivity index (χ2n) is 7.44. The molecule has 3 aromatic carbocycles. The molecule has 1 N–H and O–H groups in total. The highest BCUT2D eigenvalue weighted by atomic mass is 16.5. The lowest BCUT2D eigenvalue weighted by Crippen LogP contribution is -2.28. The van der Waals surface area contributed by atoms with E-state index in [1.807, 2.05) is 61.5 Å². The first-order valence-corrected chi connectivity index (χ1v) is 9.69. The molecule has 0 aliphatic carbocycles. The maximum Gasteiger partial charge on any atom is 0.239 e. The summed E-state index contributed by atoms with van der Waals surface area (Å²) in [6, 6.07) is 18.7. The minimum absolute atomic E-state index is 0.0260. The fourth-order valence-corrected chi connectivity index (χ4v) is 4.10. The van der Waals surface area contributed by atoms with Crippen molar-refractivity contribution in [2.24, 2.45) is 0 Å². The maximum absolute atomic E-state index is 13.6. The number of phenolic OH excluding ortho intramolecular Hbond substituents is 1. The first kappa shape index (κ1) is 18.2. The molecule has 0 bridgehead atoms. The van der Waals surface area contributed by atoms with Crippen LogP contribution in [0, 0.1) is 6.92 Å². The van der Waals surface area contributed by atoms with Crippen LogP contribution in [0.1, 0.15) is 28.3 Å². The molecule has 0 saturated carbocycles. The predicted molar refractivity (Wildman–Crippen MR) is 113 cm³/mol. The molecule has 0 radical (unpaired) electrons. The smallest absolute Gasteiger partial charge is 0.239 e. The van der Waals surface area contributed by atoms with Crippen LogP contribution < -0.4 is 9.64 Å². The van der Waals surface area contributed by atoms with E-state index in [9.17, 15) is 9.90 Å². The molecular formula is C24H20N2O4. The number of aromatic nitrogens is 1. The predicted octanol–water partition coefficient (Wildman–Crippen LogP) is 4.53. The minimum atomic E-state index is -0.585. The van der Waals surface area contributed by atoms with Crippen LogP contribution in [0.3, 0.4) is 0 Å². The molecule has 6 heteroatoms. The van der Waals surface area contributed by atoms with Gasteiger partial charge in [-0.25, -0.2) is 0 Å². The first-order valence-electron chi connectivity index (χ1n) is 9.69. The normalized spacial score (nSPS) is 15.6. The van der Waals surface area contributed by atoms with E-state index < -0.39 is 5.92 Å². The Bertz CT molecular complexity index is 1260. The third-order valence-corrected chi connectivity index (χ3v) is 5.66. The average Bonchev–Trinajstić information content (AvgIpc) is 3.25. The zero-order valence-corrected chi connectivity index (χ0v) is 16.6. The number of fused-ring (bicyclic) bond motifs is 2. The number of anilines is 1. The standard InChI is InChI=1S/C24H20N2O4/c1-14-18-11-19(21(27)12-22(18)30-25-14)23-17-5-3-4-6-20(17)26(24(23)28)13-15-7-9-16(29-2)10-8-15/h3-12,23,27H,13H2,1-2H3. The molecule has 1 aliphatic rings. The molecule has 0 saturated heterocycles. The van der Waals surface area contributed by atoms with Crippen molar-refractivity contribution in [2.75, 3.05) is 12.0 Å². The lowest BCUT2D eigenvalue weighted by atomic mass is 9.91. The van der Waals surface area contributed by atoms with Gasteiger partial charge in [-0.1, -0.05) is 35.5 Å². The van der Waals surface area contributed by atoms with E-state index >= 15 is 0 Å². The zero-order valence-electron chi connectivity index (χ0n) is 16.6. The van der Waals surface area contributed by atoms with Crippen LogP contribution in [0.4, 0.5) is 5.69 Å². The molecule has 1 atom stereocenters. The molecule has 2 heterocycles. The lowest BCUT2D eigenvalue weighted by Gasteiger charge is -2.19. The number of ether oxygens (including phenoxy) is 1. The highest BCUT2D eigenvalue weighted by Gasteiger charge is 2.39. The van der Waals surface area contributed by atoms with Crippen molar-refractivity contribution in [2.45, 2.75) is 19.4 Å². The summed E-state index contributed by atoms with van der Waals surface area (Å²) >= 11 is 0. The second kappa shape index (κ2) is 6.91. The van der Waals surface area contributed by atoms with Crippen LogP contribution in [0.25, 0.3) is 11.0 Å². The maximum atomic E-state index is 13.6. The summed E-state index contributed by atoms with van der Waals surface area (Å²) in [4.78, 5) is 15.3. The van der Waals surface area contributed by atoms with E-state index in [0.29, 0.717) is 17.7 Å². The quantitative estimate of drug-likeness (QED) is 0.545. The minimum Gasteiger partial charge on any atom is -0.507 e. The zero-order chi connectivity index (χ0) is 20.8. The summed E-state index contributed by atoms with van der Waals surface area (Å²) in [6.45, 7) is 2.28. The Hall–Kier alpha value is -3.80. The van der Waals surface area contributed by atoms with E-state index in [0.717, 1.165) is 33.6 Å². The number of nitrogens with zero attached hydrogens (tertiary/aromatic N) is 2. The van der Waals surface area contributed by atoms with Gasteiger partial charge in [-0.15, -0.1) is 0 Å². The molecule has 0 fully saturated rings. The van der Waals surface area contributed by atoms with E-state index in [4.69, 9.17) is 9.26 Å². The number of amides is 1. The summed E-state index contributed by atoms with van der Waals surface area (Å²) in [6.07, 6.45) is 0. The second-order valence-corrected chi connectivity index (χ2v) is 7.44. The Labute approximate surface area is 173 Å². The van der Waals surface area contributed by atoms with Gasteiger partial charge >= 0.3 is 0 Å². The van der Waals surface area contributed by atoms with Crippen molar-refractivity contribution < 1.29 is 19.2 Å². The number of rotatable bonds is 4. The van der Waals surface area contributed by atoms with Gasteiger partial charge in [-0.05, 0) is 42.3 Å². The van der Waals surface area contributed by atoms with Crippen molar-refractivity contribution in [3.63, 3.8) is 0 Å². The topological polar surface area (TPSA) is 75.8 Å². The summed E-state index contributed by atoms with van der Waals surface area (Å²) in [7, 11) is 1.63. The number of hydrogen-bond donors (Lipinski definition) is 1. The Kier molecular flexibility index (Phi) is 4.20. The molecule has 1 unspecified atom stereocenters. The third-order valence-electron chi connectivity index (χ3n) is 5.66. The number of aryl methyl sites for hydroxylation is 1. The number of carbonyl (C=O) groups is 1. The number of para-hydroxylation sites is 1. The van der Waals surface area contributed by atoms with Gasteiger partial charge in [-0.2, -0.15) is 0 Å². The molecule has 1 amide bonds. The molecule has 1 aromatic heterocycles. The number of phenols is 1. The van der Waals surface area contributed by atoms with E-state index in [1.54, 1.807) is 12.0 Å². The number of carbonyl (C=O) groups excluding carboxylic acids is 1. The Morgan fingerprint density at radius 1 is 1.10 bits per heavy atom. The SMILES string of the molecule is COc1ccc(CN2C(=O)C(c3cc4c(C)noc4cc3O)c3ccccc32)cc1. The Morgan fingerprint density at radius 3 is 2.63 bits per heavy atom. The van der Waals surface area contributed by atoms with Crippen LogP contribution in [0.15, 0.2) is 65.2 Å². The number of methoxy groups -OCH3 is 1. The lowest BCUT2D eigenvalue weighted by molar-refractivity contribution is -0.118. The van der Waals surface area contributed by atoms with E-state index in [2.05, 4.69) is 5.16 Å². The fourth-order valence-electron chi connectivity index (χ4n) is 4.10. The van der Waals surface area contributed by atoms with Gasteiger partial charge in [0, 0.05) is 22.7 Å². The largest absolute Gasteiger partial charge is 0.507 e. The molecule has 1 aliphatic heterocycles. The van der Waals surface area contributed by atoms with E-state index in [-0.39, 0.29) is 11.7 Å². The highest BCUT2D eigenvalue weighted by Crippen LogP contribution is 2.45. The van der Waals surface area contributed by atoms with Gasteiger partial charge in [0.2, 0.25) is 5.91 Å². The van der Waals surface area contributed by atoms with Crippen molar-refractivity contribution >= 4 is 22.6 Å². The van der Waals surface area contributed by atoms with Crippen LogP contribution in [-0.2, 0) is 11.3 Å². The van der Waals surface area contributed by atoms with Gasteiger partial charge in [0.1, 0.15) is 11.5 Å². The molecule has 6 nitrogen and oxygen atoms in total. The number of hydrogen-bond acceptors (Lipinski definition) is 5. The van der Waals surface area contributed by atoms with Crippen LogP contribution in [0.2, 0.25) is 0 Å². The number of aromatic hydroxyl groups is 1. The summed E-state index contributed by atoms with van der Waals surface area (Å²) in [5, 5.41) is 15.4. The molecule has 0 spiro atoms. The van der Waals surface area contributed by atoms with Crippen LogP contribution in [0.5, 0.6) is 11.5 Å². The number of benzene rings is 3. The fraction of sp³-hybridized carbons (Fsp3) is 0.167. The highest BCUT2D eigenvalue weighted by molar-refractivity contribution is 6.07. The van der Waals surface area contributed by atoms with Crippen molar-refractivity contribution in [1.29, 1.82) is 0 Å². The Morgan fingerprint density at radius 2 is 1.87 bits per heavy atom. The van der Waals surface area contributed by atoms with Crippen molar-refractivity contribution in [3.05, 3.63) is 83.0 Å². The molecule has 150 valence electrons. The third kappa shape index (κ3) is 2.80. The molecular weight excluding hydrogens is 380 g/mol. The first-order chi connectivity index (χ1) is 14.6. The Balaban J connectivity index is 1.58. The monoisotopic (exact) mass is 400 g/mol. The summed E-state index contributed by atoms with van der Waals surface area (Å²) in [5.41, 5.74) is 4.50. The van der Waals surface area contributed by atoms with Crippen molar-refractivity contribution in [1.82, 2.24) is 5.16 Å². The van der Waals surface area contributed by atoms with Gasteiger partial charge in [0.05, 0.1) is 25.3 Å². The summed E-state index contributed by atoms with van der Waals surface area (Å²) < 4.78 is 10.5. The molecule has 5 rings (SSSR count). The van der Waals surface area contributed by atoms with Crippen LogP contribution in [-0.4, -0.2) is 23.3 Å². The van der Waals surface area contributed by atoms with E-state index in [1.165, 1.54) is 6.07 Å². The summed E-state index contributed by atoms with van der Waals surface area (Å²) in [5.74, 6) is 0.138. The van der Waals surface area contributed by atoms with Gasteiger partial charge in [0.15, 0.2) is 5.58 Å².